The molecule has 9 heteroatoms. The molecule has 1 aromatic heterocycles. The minimum absolute atomic E-state index is 0.206. The minimum atomic E-state index is -0.275. The molecular weight excluding hydrogens is 514 g/mol. The molecule has 1 aliphatic rings. The fraction of sp³-hybridized carbons (Fsp3) is 0.250. The Morgan fingerprint density at radius 3 is 2.46 bits per heavy atom. The molecule has 0 atom stereocenters. The van der Waals surface area contributed by atoms with E-state index in [4.69, 9.17) is 5.73 Å². The number of pyridine rings is 1. The Balaban J connectivity index is 1.51. The zero-order valence-corrected chi connectivity index (χ0v) is 23.9. The molecule has 0 saturated carbocycles. The number of amides is 2. The number of aliphatic imine (C=N–C) groups is 1. The van der Waals surface area contributed by atoms with Gasteiger partial charge in [-0.05, 0) is 73.8 Å². The smallest absolute Gasteiger partial charge is 0.255 e. The van der Waals surface area contributed by atoms with Gasteiger partial charge in [-0.1, -0.05) is 24.8 Å². The Morgan fingerprint density at radius 1 is 1.10 bits per heavy atom. The van der Waals surface area contributed by atoms with Crippen LogP contribution in [0.4, 0.5) is 11.4 Å². The molecule has 1 fully saturated rings. The summed E-state index contributed by atoms with van der Waals surface area (Å²) < 4.78 is 0. The largest absolute Gasteiger partial charge is 0.405 e. The number of likely N-dealkylation sites (N-methyl/N-ethyl adjacent to an activating group) is 1. The van der Waals surface area contributed by atoms with Crippen molar-refractivity contribution in [2.45, 2.75) is 20.4 Å². The highest BCUT2D eigenvalue weighted by Crippen LogP contribution is 2.28. The van der Waals surface area contributed by atoms with Crippen LogP contribution in [-0.4, -0.2) is 65.5 Å². The van der Waals surface area contributed by atoms with Gasteiger partial charge in [0.1, 0.15) is 5.82 Å². The van der Waals surface area contributed by atoms with E-state index in [1.165, 1.54) is 23.6 Å². The molecule has 0 radical (unpaired) electrons. The fourth-order valence-corrected chi connectivity index (χ4v) is 4.64. The number of nitrogens with one attached hydrogen (secondary N) is 1. The molecule has 2 heterocycles. The summed E-state index contributed by atoms with van der Waals surface area (Å²) in [7, 11) is 2.14. The molecule has 9 nitrogen and oxygen atoms in total. The Hall–Kier alpha value is -4.60. The lowest BCUT2D eigenvalue weighted by Gasteiger charge is -2.32. The summed E-state index contributed by atoms with van der Waals surface area (Å²) in [6, 6.07) is 16.7. The second-order valence-corrected chi connectivity index (χ2v) is 10.1. The Bertz CT molecular complexity index is 1440. The second-order valence-electron chi connectivity index (χ2n) is 10.1. The van der Waals surface area contributed by atoms with E-state index in [0.717, 1.165) is 43.9 Å². The van der Waals surface area contributed by atoms with Crippen LogP contribution in [0.2, 0.25) is 0 Å². The van der Waals surface area contributed by atoms with Gasteiger partial charge < -0.3 is 16.0 Å². The number of piperazine rings is 1. The molecule has 1 saturated heterocycles. The van der Waals surface area contributed by atoms with Crippen molar-refractivity contribution < 1.29 is 9.59 Å². The fourth-order valence-electron chi connectivity index (χ4n) is 4.64. The maximum Gasteiger partial charge on any atom is 0.255 e. The van der Waals surface area contributed by atoms with Crippen molar-refractivity contribution in [2.24, 2.45) is 10.7 Å². The molecule has 0 aliphatic carbocycles. The van der Waals surface area contributed by atoms with Crippen LogP contribution < -0.4 is 16.0 Å². The van der Waals surface area contributed by atoms with Gasteiger partial charge in [0.05, 0.1) is 11.4 Å². The van der Waals surface area contributed by atoms with E-state index in [0.29, 0.717) is 22.6 Å². The first-order valence-corrected chi connectivity index (χ1v) is 13.5. The van der Waals surface area contributed by atoms with Gasteiger partial charge in [-0.2, -0.15) is 0 Å². The number of aromatic nitrogens is 1. The predicted octanol–water partition coefficient (Wildman–Crippen LogP) is 4.18. The average Bonchev–Trinajstić information content (AvgIpc) is 2.96. The van der Waals surface area contributed by atoms with Gasteiger partial charge in [-0.15, -0.1) is 0 Å². The van der Waals surface area contributed by atoms with E-state index in [1.54, 1.807) is 36.7 Å². The normalized spacial score (nSPS) is 14.7. The van der Waals surface area contributed by atoms with Gasteiger partial charge in [0.2, 0.25) is 5.91 Å². The quantitative estimate of drug-likeness (QED) is 0.387. The summed E-state index contributed by atoms with van der Waals surface area (Å²) >= 11 is 0. The number of anilines is 2. The molecule has 3 N–H and O–H groups in total. The SMILES string of the molecule is C=C(N=C(/C=C\N)c1cccnc1)N(C(C)=O)c1cc(NC(=O)c2ccc(CN3CCN(C)CC3)cc2)ccc1C. The zero-order valence-electron chi connectivity index (χ0n) is 23.9. The molecule has 41 heavy (non-hydrogen) atoms. The molecule has 1 aliphatic heterocycles. The first kappa shape index (κ1) is 29.4. The van der Waals surface area contributed by atoms with Crippen molar-refractivity contribution in [2.75, 3.05) is 43.4 Å². The monoisotopic (exact) mass is 551 g/mol. The van der Waals surface area contributed by atoms with Crippen molar-refractivity contribution in [3.63, 3.8) is 0 Å². The summed E-state index contributed by atoms with van der Waals surface area (Å²) in [4.78, 5) is 40.8. The maximum absolute atomic E-state index is 13.1. The van der Waals surface area contributed by atoms with E-state index in [2.05, 4.69) is 38.7 Å². The van der Waals surface area contributed by atoms with Gasteiger partial charge in [0.15, 0.2) is 0 Å². The van der Waals surface area contributed by atoms with E-state index < -0.39 is 0 Å². The number of hydrogen-bond donors (Lipinski definition) is 2. The van der Waals surface area contributed by atoms with Crippen LogP contribution in [0.15, 0.2) is 96.7 Å². The average molecular weight is 552 g/mol. The van der Waals surface area contributed by atoms with Crippen LogP contribution in [0.1, 0.15) is 34.0 Å². The Morgan fingerprint density at radius 2 is 1.83 bits per heavy atom. The third-order valence-electron chi connectivity index (χ3n) is 6.96. The summed E-state index contributed by atoms with van der Waals surface area (Å²) in [5.74, 6) is -0.301. The molecule has 212 valence electrons. The molecule has 2 amide bonds. The number of rotatable bonds is 9. The summed E-state index contributed by atoms with van der Waals surface area (Å²) in [6.07, 6.45) is 6.32. The van der Waals surface area contributed by atoms with Crippen LogP contribution in [0.25, 0.3) is 0 Å². The highest BCUT2D eigenvalue weighted by Gasteiger charge is 2.19. The molecule has 0 unspecified atom stereocenters. The van der Waals surface area contributed by atoms with Crippen LogP contribution in [0.5, 0.6) is 0 Å². The lowest BCUT2D eigenvalue weighted by molar-refractivity contribution is -0.116. The Kier molecular flexibility index (Phi) is 9.78. The number of benzene rings is 2. The van der Waals surface area contributed by atoms with E-state index in [9.17, 15) is 9.59 Å². The molecular formula is C32H37N7O2. The van der Waals surface area contributed by atoms with Gasteiger partial charge >= 0.3 is 0 Å². The zero-order chi connectivity index (χ0) is 29.4. The van der Waals surface area contributed by atoms with Crippen LogP contribution in [0.3, 0.4) is 0 Å². The lowest BCUT2D eigenvalue weighted by Crippen LogP contribution is -2.43. The predicted molar refractivity (Wildman–Crippen MR) is 165 cm³/mol. The summed E-state index contributed by atoms with van der Waals surface area (Å²) in [5.41, 5.74) is 10.6. The topological polar surface area (TPSA) is 107 Å². The van der Waals surface area contributed by atoms with Crippen molar-refractivity contribution in [1.82, 2.24) is 14.8 Å². The van der Waals surface area contributed by atoms with Crippen LogP contribution in [-0.2, 0) is 11.3 Å². The van der Waals surface area contributed by atoms with Crippen LogP contribution in [0, 0.1) is 6.92 Å². The minimum Gasteiger partial charge on any atom is -0.405 e. The first-order chi connectivity index (χ1) is 19.7. The summed E-state index contributed by atoms with van der Waals surface area (Å²) in [5, 5.41) is 2.96. The van der Waals surface area contributed by atoms with E-state index in [-0.39, 0.29) is 17.6 Å². The van der Waals surface area contributed by atoms with Crippen molar-refractivity contribution >= 4 is 28.9 Å². The van der Waals surface area contributed by atoms with Gasteiger partial charge in [-0.25, -0.2) is 4.99 Å². The molecule has 0 spiro atoms. The van der Waals surface area contributed by atoms with Crippen molar-refractivity contribution in [3.05, 3.63) is 114 Å². The third-order valence-corrected chi connectivity index (χ3v) is 6.96. The standard InChI is InChI=1S/C32H37N7O2/c1-23-7-12-29(36-32(41)27-10-8-26(9-11-27)22-38-18-16-37(4)17-19-38)20-31(23)39(25(3)40)24(2)35-30(13-14-33)28-6-5-15-34-21-28/h5-15,20-21H,2,16-19,22,33H2,1,3-4H3,(H,36,41)/b14-13-,35-30?. The molecule has 3 aromatic rings. The van der Waals surface area contributed by atoms with Crippen molar-refractivity contribution in [1.29, 1.82) is 0 Å². The van der Waals surface area contributed by atoms with E-state index >= 15 is 0 Å². The number of allylic oxidation sites excluding steroid dienone is 1. The second kappa shape index (κ2) is 13.6. The number of nitrogens with two attached hydrogens (primary N) is 1. The number of carbonyl (C=O) groups is 2. The number of nitrogens with zero attached hydrogens (tertiary/aromatic N) is 5. The van der Waals surface area contributed by atoms with Crippen LogP contribution >= 0.6 is 0 Å². The van der Waals surface area contributed by atoms with Crippen molar-refractivity contribution in [3.8, 4) is 0 Å². The highest BCUT2D eigenvalue weighted by molar-refractivity contribution is 6.10. The summed E-state index contributed by atoms with van der Waals surface area (Å²) in [6.45, 7) is 12.5. The number of aryl methyl sites for hydroxylation is 1. The van der Waals surface area contributed by atoms with E-state index in [1.807, 2.05) is 43.3 Å². The molecule has 2 aromatic carbocycles. The van der Waals surface area contributed by atoms with Gasteiger partial charge in [0, 0.05) is 68.9 Å². The number of hydrogen-bond acceptors (Lipinski definition) is 7. The van der Waals surface area contributed by atoms with Gasteiger partial charge in [-0.3, -0.25) is 24.4 Å². The molecule has 0 bridgehead atoms. The first-order valence-electron chi connectivity index (χ1n) is 13.5. The third kappa shape index (κ3) is 7.75. The highest BCUT2D eigenvalue weighted by atomic mass is 16.2. The molecule has 4 rings (SSSR count). The maximum atomic E-state index is 13.1. The lowest BCUT2D eigenvalue weighted by atomic mass is 10.1. The van der Waals surface area contributed by atoms with Gasteiger partial charge in [0.25, 0.3) is 5.91 Å². The number of carbonyl (C=O) groups excluding carboxylic acids is 2. The Labute approximate surface area is 241 Å².